The quantitative estimate of drug-likeness (QED) is 0.758. The molecule has 26 heavy (non-hydrogen) atoms. The van der Waals surface area contributed by atoms with E-state index in [0.29, 0.717) is 12.2 Å². The number of alkyl halides is 3. The number of amides is 1. The van der Waals surface area contributed by atoms with Crippen LogP contribution < -0.4 is 15.4 Å². The van der Waals surface area contributed by atoms with Crippen molar-refractivity contribution in [2.75, 3.05) is 13.2 Å². The van der Waals surface area contributed by atoms with Crippen molar-refractivity contribution >= 4 is 5.91 Å². The molecule has 0 fully saturated rings. The van der Waals surface area contributed by atoms with Gasteiger partial charge in [0.1, 0.15) is 5.75 Å². The molecule has 1 amide bonds. The number of H-pyrrole nitrogens is 1. The number of carbonyl (C=O) groups is 1. The van der Waals surface area contributed by atoms with Crippen molar-refractivity contribution in [3.8, 4) is 5.75 Å². The number of rotatable bonds is 5. The highest BCUT2D eigenvalue weighted by Gasteiger charge is 2.28. The Morgan fingerprint density at radius 1 is 1.35 bits per heavy atom. The van der Waals surface area contributed by atoms with Crippen LogP contribution in [0.5, 0.6) is 5.75 Å². The van der Waals surface area contributed by atoms with Crippen molar-refractivity contribution in [1.29, 1.82) is 0 Å². The number of benzene rings is 1. The minimum Gasteiger partial charge on any atom is -0.484 e. The summed E-state index contributed by atoms with van der Waals surface area (Å²) in [7, 11) is 0. The van der Waals surface area contributed by atoms with Gasteiger partial charge in [-0.15, -0.1) is 0 Å². The summed E-state index contributed by atoms with van der Waals surface area (Å²) in [6.45, 7) is 1.89. The number of nitrogens with zero attached hydrogens (tertiary/aromatic N) is 1. The fourth-order valence-corrected chi connectivity index (χ4v) is 2.78. The van der Waals surface area contributed by atoms with E-state index in [2.05, 4.69) is 25.6 Å². The van der Waals surface area contributed by atoms with Gasteiger partial charge in [0.15, 0.2) is 12.3 Å². The average molecular weight is 368 g/mol. The maximum absolute atomic E-state index is 12.5. The van der Waals surface area contributed by atoms with Gasteiger partial charge in [-0.05, 0) is 24.6 Å². The first kappa shape index (κ1) is 18.2. The standard InChI is InChI=1S/C17H19F3N4O2/c1-10(11-2-4-12(5-3-11)26-9-17(18,19)20)22-16(25)15-13-8-21-7-6-14(13)23-24-15/h2-5,10,21H,6-9H2,1H3,(H,22,25)(H,23,24). The first-order valence-electron chi connectivity index (χ1n) is 8.20. The Bertz CT molecular complexity index is 771. The molecule has 0 spiro atoms. The fraction of sp³-hybridized carbons (Fsp3) is 0.412. The van der Waals surface area contributed by atoms with Crippen LogP contribution in [0.2, 0.25) is 0 Å². The molecule has 0 saturated heterocycles. The number of fused-ring (bicyclic) bond motifs is 1. The summed E-state index contributed by atoms with van der Waals surface area (Å²) in [5, 5.41) is 13.1. The lowest BCUT2D eigenvalue weighted by Gasteiger charge is -2.16. The second kappa shape index (κ2) is 7.36. The molecule has 2 aromatic rings. The maximum Gasteiger partial charge on any atom is 0.422 e. The lowest BCUT2D eigenvalue weighted by molar-refractivity contribution is -0.153. The number of nitrogens with one attached hydrogen (secondary N) is 3. The molecule has 1 aliphatic heterocycles. The van der Waals surface area contributed by atoms with Gasteiger partial charge in [0.25, 0.3) is 5.91 Å². The van der Waals surface area contributed by atoms with Crippen molar-refractivity contribution in [1.82, 2.24) is 20.8 Å². The number of hydrogen-bond donors (Lipinski definition) is 3. The van der Waals surface area contributed by atoms with Crippen molar-refractivity contribution in [3.05, 3.63) is 46.8 Å². The van der Waals surface area contributed by atoms with Crippen LogP contribution in [0, 0.1) is 0 Å². The van der Waals surface area contributed by atoms with Gasteiger partial charge < -0.3 is 15.4 Å². The molecule has 3 rings (SSSR count). The minimum atomic E-state index is -4.38. The third-order valence-corrected chi connectivity index (χ3v) is 4.15. The highest BCUT2D eigenvalue weighted by atomic mass is 19.4. The molecule has 6 nitrogen and oxygen atoms in total. The van der Waals surface area contributed by atoms with E-state index in [1.807, 2.05) is 0 Å². The van der Waals surface area contributed by atoms with Gasteiger partial charge in [-0.3, -0.25) is 9.89 Å². The second-order valence-electron chi connectivity index (χ2n) is 6.12. The van der Waals surface area contributed by atoms with Crippen molar-refractivity contribution < 1.29 is 22.7 Å². The van der Waals surface area contributed by atoms with E-state index in [4.69, 9.17) is 0 Å². The van der Waals surface area contributed by atoms with Gasteiger partial charge in [0, 0.05) is 30.8 Å². The van der Waals surface area contributed by atoms with Gasteiger partial charge in [-0.1, -0.05) is 12.1 Å². The summed E-state index contributed by atoms with van der Waals surface area (Å²) < 4.78 is 41.2. The van der Waals surface area contributed by atoms with Crippen molar-refractivity contribution in [3.63, 3.8) is 0 Å². The maximum atomic E-state index is 12.5. The zero-order chi connectivity index (χ0) is 18.7. The van der Waals surface area contributed by atoms with E-state index in [-0.39, 0.29) is 17.7 Å². The Morgan fingerprint density at radius 3 is 2.77 bits per heavy atom. The molecule has 0 aliphatic carbocycles. The lowest BCUT2D eigenvalue weighted by atomic mass is 10.1. The number of hydrogen-bond acceptors (Lipinski definition) is 4. The monoisotopic (exact) mass is 368 g/mol. The van der Waals surface area contributed by atoms with Gasteiger partial charge in [0.2, 0.25) is 0 Å². The summed E-state index contributed by atoms with van der Waals surface area (Å²) in [5.74, 6) is -0.173. The average Bonchev–Trinajstić information content (AvgIpc) is 3.04. The van der Waals surface area contributed by atoms with Crippen LogP contribution in [0.4, 0.5) is 13.2 Å². The summed E-state index contributed by atoms with van der Waals surface area (Å²) >= 11 is 0. The molecule has 0 saturated carbocycles. The molecule has 0 radical (unpaired) electrons. The van der Waals surface area contributed by atoms with Crippen molar-refractivity contribution in [2.24, 2.45) is 0 Å². The molecular weight excluding hydrogens is 349 g/mol. The fourth-order valence-electron chi connectivity index (χ4n) is 2.78. The SMILES string of the molecule is CC(NC(=O)c1n[nH]c2c1CNCC2)c1ccc(OCC(F)(F)F)cc1. The minimum absolute atomic E-state index is 0.122. The normalized spacial score (nSPS) is 15.2. The van der Waals surface area contributed by atoms with E-state index in [9.17, 15) is 18.0 Å². The van der Waals surface area contributed by atoms with Crippen LogP contribution in [0.1, 0.15) is 40.3 Å². The summed E-state index contributed by atoms with van der Waals surface area (Å²) in [6.07, 6.45) is -3.58. The first-order valence-corrected chi connectivity index (χ1v) is 8.20. The third-order valence-electron chi connectivity index (χ3n) is 4.15. The molecule has 1 aromatic carbocycles. The predicted molar refractivity (Wildman–Crippen MR) is 87.9 cm³/mol. The van der Waals surface area contributed by atoms with E-state index in [1.165, 1.54) is 12.1 Å². The number of aromatic nitrogens is 2. The number of aromatic amines is 1. The van der Waals surface area contributed by atoms with Gasteiger partial charge in [0.05, 0.1) is 6.04 Å². The molecule has 9 heteroatoms. The largest absolute Gasteiger partial charge is 0.484 e. The molecule has 0 bridgehead atoms. The third kappa shape index (κ3) is 4.34. The molecule has 1 aromatic heterocycles. The molecule has 1 aliphatic rings. The Morgan fingerprint density at radius 2 is 2.08 bits per heavy atom. The van der Waals surface area contributed by atoms with Gasteiger partial charge >= 0.3 is 6.18 Å². The van der Waals surface area contributed by atoms with Crippen LogP contribution in [-0.4, -0.2) is 35.4 Å². The molecular formula is C17H19F3N4O2. The Labute approximate surface area is 148 Å². The van der Waals surface area contributed by atoms with E-state index in [0.717, 1.165) is 29.8 Å². The first-order chi connectivity index (χ1) is 12.3. The molecule has 1 unspecified atom stereocenters. The van der Waals surface area contributed by atoms with Gasteiger partial charge in [-0.2, -0.15) is 18.3 Å². The van der Waals surface area contributed by atoms with E-state index in [1.54, 1.807) is 19.1 Å². The Hall–Kier alpha value is -2.55. The van der Waals surface area contributed by atoms with Crippen LogP contribution in [0.3, 0.4) is 0 Å². The smallest absolute Gasteiger partial charge is 0.422 e. The van der Waals surface area contributed by atoms with Crippen LogP contribution in [0.15, 0.2) is 24.3 Å². The number of halogens is 3. The zero-order valence-electron chi connectivity index (χ0n) is 14.1. The van der Waals surface area contributed by atoms with Crippen LogP contribution >= 0.6 is 0 Å². The number of carbonyl (C=O) groups excluding carboxylic acids is 1. The molecule has 140 valence electrons. The van der Waals surface area contributed by atoms with E-state index < -0.39 is 12.8 Å². The Balaban J connectivity index is 1.61. The zero-order valence-corrected chi connectivity index (χ0v) is 14.1. The van der Waals surface area contributed by atoms with Gasteiger partial charge in [-0.25, -0.2) is 0 Å². The van der Waals surface area contributed by atoms with Crippen LogP contribution in [0.25, 0.3) is 0 Å². The van der Waals surface area contributed by atoms with E-state index >= 15 is 0 Å². The molecule has 1 atom stereocenters. The Kier molecular flexibility index (Phi) is 5.17. The summed E-state index contributed by atoms with van der Waals surface area (Å²) in [6, 6.07) is 5.81. The van der Waals surface area contributed by atoms with Crippen molar-refractivity contribution in [2.45, 2.75) is 32.1 Å². The topological polar surface area (TPSA) is 79.0 Å². The predicted octanol–water partition coefficient (Wildman–Crippen LogP) is 2.49. The van der Waals surface area contributed by atoms with Crippen LogP contribution in [-0.2, 0) is 13.0 Å². The number of ether oxygens (including phenoxy) is 1. The highest BCUT2D eigenvalue weighted by Crippen LogP contribution is 2.22. The highest BCUT2D eigenvalue weighted by molar-refractivity contribution is 5.94. The summed E-state index contributed by atoms with van der Waals surface area (Å²) in [5.41, 5.74) is 2.95. The second-order valence-corrected chi connectivity index (χ2v) is 6.12. The molecule has 3 N–H and O–H groups in total. The lowest BCUT2D eigenvalue weighted by Crippen LogP contribution is -2.30. The molecule has 2 heterocycles. The summed E-state index contributed by atoms with van der Waals surface area (Å²) in [4.78, 5) is 12.5.